The van der Waals surface area contributed by atoms with Crippen LogP contribution in [-0.4, -0.2) is 19.2 Å². The van der Waals surface area contributed by atoms with Crippen LogP contribution in [0.4, 0.5) is 0 Å². The smallest absolute Gasteiger partial charge is 0.240 e. The van der Waals surface area contributed by atoms with E-state index in [0.717, 1.165) is 16.0 Å². The number of ether oxygens (including phenoxy) is 2. The summed E-state index contributed by atoms with van der Waals surface area (Å²) in [4.78, 5) is 17.1. The predicted molar refractivity (Wildman–Crippen MR) is 80.6 cm³/mol. The Kier molecular flexibility index (Phi) is 3.23. The van der Waals surface area contributed by atoms with Crippen LogP contribution in [0.2, 0.25) is 5.02 Å². The number of benzene rings is 2. The van der Waals surface area contributed by atoms with Crippen LogP contribution in [0.15, 0.2) is 29.1 Å². The van der Waals surface area contributed by atoms with Crippen LogP contribution in [0.3, 0.4) is 0 Å². The minimum absolute atomic E-state index is 0.140. The molecular formula is C14H10ClNO3S. The summed E-state index contributed by atoms with van der Waals surface area (Å²) in [6.07, 6.45) is 0. The maximum Gasteiger partial charge on any atom is 0.240 e. The Bertz CT molecular complexity index is 831. The van der Waals surface area contributed by atoms with E-state index in [1.54, 1.807) is 13.2 Å². The quantitative estimate of drug-likeness (QED) is 0.681. The molecule has 0 spiro atoms. The van der Waals surface area contributed by atoms with Crippen molar-refractivity contribution >= 4 is 33.2 Å². The molecule has 1 aliphatic carbocycles. The molecule has 1 aromatic carbocycles. The van der Waals surface area contributed by atoms with Gasteiger partial charge in [-0.25, -0.2) is 4.98 Å². The number of halogens is 1. The molecule has 3 rings (SSSR count). The molecule has 0 atom stereocenters. The molecule has 2 aliphatic rings. The zero-order valence-electron chi connectivity index (χ0n) is 10.8. The molecule has 0 saturated heterocycles. The van der Waals surface area contributed by atoms with Gasteiger partial charge in [0.2, 0.25) is 5.43 Å². The second-order valence-corrected chi connectivity index (χ2v) is 5.55. The maximum absolute atomic E-state index is 12.0. The highest BCUT2D eigenvalue weighted by Gasteiger charge is 2.18. The van der Waals surface area contributed by atoms with Gasteiger partial charge < -0.3 is 9.47 Å². The Balaban J connectivity index is 2.39. The molecule has 20 heavy (non-hydrogen) atoms. The third kappa shape index (κ3) is 1.99. The van der Waals surface area contributed by atoms with E-state index in [1.807, 2.05) is 18.2 Å². The molecule has 0 radical (unpaired) electrons. The van der Waals surface area contributed by atoms with Crippen LogP contribution < -0.4 is 14.9 Å². The van der Waals surface area contributed by atoms with Gasteiger partial charge in [-0.1, -0.05) is 11.6 Å². The fourth-order valence-corrected chi connectivity index (χ4v) is 3.26. The van der Waals surface area contributed by atoms with E-state index in [0.29, 0.717) is 10.6 Å². The Morgan fingerprint density at radius 2 is 2.00 bits per heavy atom. The van der Waals surface area contributed by atoms with Gasteiger partial charge in [0, 0.05) is 6.07 Å². The van der Waals surface area contributed by atoms with E-state index in [-0.39, 0.29) is 16.2 Å². The Labute approximate surface area is 123 Å². The fraction of sp³-hybridized carbons (Fsp3) is 0.143. The van der Waals surface area contributed by atoms with Crippen LogP contribution in [-0.2, 0) is 0 Å². The van der Waals surface area contributed by atoms with Gasteiger partial charge in [0.05, 0.1) is 35.0 Å². The lowest BCUT2D eigenvalue weighted by Crippen LogP contribution is -2.08. The molecule has 0 unspecified atom stereocenters. The van der Waals surface area contributed by atoms with E-state index >= 15 is 0 Å². The molecule has 6 heteroatoms. The molecule has 0 fully saturated rings. The minimum Gasteiger partial charge on any atom is -0.497 e. The van der Waals surface area contributed by atoms with Crippen molar-refractivity contribution in [2.24, 2.45) is 0 Å². The molecule has 0 amide bonds. The second-order valence-electron chi connectivity index (χ2n) is 4.12. The lowest BCUT2D eigenvalue weighted by atomic mass is 10.2. The zero-order valence-corrected chi connectivity index (χ0v) is 12.3. The van der Waals surface area contributed by atoms with Gasteiger partial charge in [-0.3, -0.25) is 4.79 Å². The summed E-state index contributed by atoms with van der Waals surface area (Å²) < 4.78 is 11.1. The standard InChI is InChI=1S/C14H10ClNO3S/c1-18-7-3-4-8-11(5-7)20-14-9(16-8)6-10(19-2)13(17)12(14)15/h3-6H,1-2H3. The first-order valence-corrected chi connectivity index (χ1v) is 6.98. The SMILES string of the molecule is COc1ccc2nc3cc(OC)c(=O)c(Cl)c-3sc2c1. The largest absolute Gasteiger partial charge is 0.497 e. The molecule has 102 valence electrons. The predicted octanol–water partition coefficient (Wildman–Crippen LogP) is 3.43. The van der Waals surface area contributed by atoms with E-state index in [2.05, 4.69) is 4.98 Å². The highest BCUT2D eigenvalue weighted by atomic mass is 35.5. The van der Waals surface area contributed by atoms with Crippen LogP contribution in [0.5, 0.6) is 11.5 Å². The van der Waals surface area contributed by atoms with Crippen LogP contribution in [0.1, 0.15) is 0 Å². The third-order valence-electron chi connectivity index (χ3n) is 2.96. The lowest BCUT2D eigenvalue weighted by molar-refractivity contribution is 0.411. The van der Waals surface area contributed by atoms with Crippen molar-refractivity contribution in [2.45, 2.75) is 0 Å². The normalized spacial score (nSPS) is 10.9. The van der Waals surface area contributed by atoms with Gasteiger partial charge in [-0.05, 0) is 18.2 Å². The highest BCUT2D eigenvalue weighted by Crippen LogP contribution is 2.37. The number of hydrogen-bond acceptors (Lipinski definition) is 5. The summed E-state index contributed by atoms with van der Waals surface area (Å²) in [5.74, 6) is 0.942. The van der Waals surface area contributed by atoms with Crippen molar-refractivity contribution in [3.8, 4) is 22.1 Å². The first kappa shape index (κ1) is 13.1. The Hall–Kier alpha value is -1.85. The van der Waals surface area contributed by atoms with Gasteiger partial charge in [0.1, 0.15) is 10.8 Å². The number of aromatic nitrogens is 1. The Morgan fingerprint density at radius 3 is 2.70 bits per heavy atom. The Morgan fingerprint density at radius 1 is 1.20 bits per heavy atom. The van der Waals surface area contributed by atoms with Crippen molar-refractivity contribution in [3.63, 3.8) is 0 Å². The van der Waals surface area contributed by atoms with Crippen molar-refractivity contribution in [3.05, 3.63) is 39.5 Å². The van der Waals surface area contributed by atoms with Crippen molar-refractivity contribution in [1.82, 2.24) is 4.98 Å². The molecule has 0 aromatic heterocycles. The average molecular weight is 308 g/mol. The summed E-state index contributed by atoms with van der Waals surface area (Å²) in [5, 5.41) is 0.140. The van der Waals surface area contributed by atoms with E-state index in [4.69, 9.17) is 21.1 Å². The number of hydrogen-bond donors (Lipinski definition) is 0. The average Bonchev–Trinajstić information content (AvgIpc) is 2.48. The minimum atomic E-state index is -0.318. The molecule has 0 N–H and O–H groups in total. The summed E-state index contributed by atoms with van der Waals surface area (Å²) >= 11 is 7.54. The first-order valence-electron chi connectivity index (χ1n) is 5.79. The number of methoxy groups -OCH3 is 2. The summed E-state index contributed by atoms with van der Waals surface area (Å²) in [6, 6.07) is 7.20. The fourth-order valence-electron chi connectivity index (χ4n) is 1.95. The first-order chi connectivity index (χ1) is 9.63. The van der Waals surface area contributed by atoms with Gasteiger partial charge in [-0.2, -0.15) is 0 Å². The third-order valence-corrected chi connectivity index (χ3v) is 4.60. The monoisotopic (exact) mass is 307 g/mol. The number of nitrogens with zero attached hydrogens (tertiary/aromatic N) is 1. The maximum atomic E-state index is 12.0. The molecule has 0 bridgehead atoms. The lowest BCUT2D eigenvalue weighted by Gasteiger charge is -2.10. The molecular weight excluding hydrogens is 298 g/mol. The summed E-state index contributed by atoms with van der Waals surface area (Å²) in [7, 11) is 3.04. The molecule has 1 aliphatic heterocycles. The molecule has 1 heterocycles. The van der Waals surface area contributed by atoms with Gasteiger partial charge in [0.25, 0.3) is 0 Å². The van der Waals surface area contributed by atoms with Gasteiger partial charge in [-0.15, -0.1) is 11.3 Å². The van der Waals surface area contributed by atoms with E-state index < -0.39 is 0 Å². The van der Waals surface area contributed by atoms with E-state index in [1.165, 1.54) is 18.4 Å². The van der Waals surface area contributed by atoms with Crippen molar-refractivity contribution in [1.29, 1.82) is 0 Å². The molecule has 1 aromatic rings. The van der Waals surface area contributed by atoms with Crippen LogP contribution in [0.25, 0.3) is 20.8 Å². The van der Waals surface area contributed by atoms with Crippen LogP contribution in [0, 0.1) is 0 Å². The topological polar surface area (TPSA) is 48.4 Å². The van der Waals surface area contributed by atoms with Crippen LogP contribution >= 0.6 is 22.9 Å². The van der Waals surface area contributed by atoms with E-state index in [9.17, 15) is 4.79 Å². The summed E-state index contributed by atoms with van der Waals surface area (Å²) in [6.45, 7) is 0. The highest BCUT2D eigenvalue weighted by molar-refractivity contribution is 7.22. The molecule has 4 nitrogen and oxygen atoms in total. The van der Waals surface area contributed by atoms with Crippen molar-refractivity contribution in [2.75, 3.05) is 14.2 Å². The number of fused-ring (bicyclic) bond motifs is 2. The number of rotatable bonds is 2. The zero-order chi connectivity index (χ0) is 14.3. The molecule has 0 saturated carbocycles. The van der Waals surface area contributed by atoms with Gasteiger partial charge >= 0.3 is 0 Å². The van der Waals surface area contributed by atoms with Crippen molar-refractivity contribution < 1.29 is 9.47 Å². The summed E-state index contributed by atoms with van der Waals surface area (Å²) in [5.41, 5.74) is 1.15. The van der Waals surface area contributed by atoms with Gasteiger partial charge in [0.15, 0.2) is 5.75 Å². The second kappa shape index (κ2) is 4.92.